The number of benzene rings is 2. The smallest absolute Gasteiger partial charge is 0.255 e. The number of rotatable bonds is 5. The fraction of sp³-hybridized carbons (Fsp3) is 0.235. The lowest BCUT2D eigenvalue weighted by molar-refractivity contribution is 0.0828. The lowest BCUT2D eigenvalue weighted by Crippen LogP contribution is -2.23. The molecule has 0 aliphatic carbocycles. The molecule has 0 radical (unpaired) electrons. The molecule has 1 amide bonds. The standard InChI is InChI=1S/C17H19ClN2O/c1-20(2)17(21)15-9-8-14(18)12-16(15)19-11-10-13-6-4-3-5-7-13/h3-9,12,19H,10-11H2,1-2H3. The van der Waals surface area contributed by atoms with E-state index in [1.165, 1.54) is 5.56 Å². The van der Waals surface area contributed by atoms with Crippen LogP contribution in [0.25, 0.3) is 0 Å². The Kier molecular flexibility index (Phi) is 5.23. The summed E-state index contributed by atoms with van der Waals surface area (Å²) in [5.74, 6) is -0.0334. The predicted octanol–water partition coefficient (Wildman–Crippen LogP) is 3.70. The molecule has 0 atom stereocenters. The zero-order valence-corrected chi connectivity index (χ0v) is 13.0. The van der Waals surface area contributed by atoms with E-state index in [4.69, 9.17) is 11.6 Å². The molecule has 2 aromatic rings. The number of nitrogens with one attached hydrogen (secondary N) is 1. The number of halogens is 1. The number of carbonyl (C=O) groups is 1. The molecule has 0 unspecified atom stereocenters. The summed E-state index contributed by atoms with van der Waals surface area (Å²) in [6, 6.07) is 15.5. The van der Waals surface area contributed by atoms with Crippen molar-refractivity contribution in [3.8, 4) is 0 Å². The van der Waals surface area contributed by atoms with Crippen molar-refractivity contribution in [3.63, 3.8) is 0 Å². The van der Waals surface area contributed by atoms with E-state index in [1.54, 1.807) is 37.2 Å². The van der Waals surface area contributed by atoms with Gasteiger partial charge in [0.2, 0.25) is 0 Å². The third-order valence-corrected chi connectivity index (χ3v) is 3.43. The maximum atomic E-state index is 12.2. The van der Waals surface area contributed by atoms with E-state index in [-0.39, 0.29) is 5.91 Å². The van der Waals surface area contributed by atoms with Crippen LogP contribution in [0.4, 0.5) is 5.69 Å². The van der Waals surface area contributed by atoms with Gasteiger partial charge in [0.1, 0.15) is 0 Å². The summed E-state index contributed by atoms with van der Waals surface area (Å²) >= 11 is 6.03. The second kappa shape index (κ2) is 7.14. The Morgan fingerprint density at radius 1 is 1.14 bits per heavy atom. The Bertz CT molecular complexity index is 611. The van der Waals surface area contributed by atoms with Crippen molar-refractivity contribution in [2.75, 3.05) is 26.0 Å². The number of anilines is 1. The lowest BCUT2D eigenvalue weighted by atomic mass is 10.1. The molecular formula is C17H19ClN2O. The number of carbonyl (C=O) groups excluding carboxylic acids is 1. The lowest BCUT2D eigenvalue weighted by Gasteiger charge is -2.15. The highest BCUT2D eigenvalue weighted by atomic mass is 35.5. The fourth-order valence-corrected chi connectivity index (χ4v) is 2.25. The van der Waals surface area contributed by atoms with Gasteiger partial charge in [0.05, 0.1) is 5.56 Å². The highest BCUT2D eigenvalue weighted by Crippen LogP contribution is 2.22. The van der Waals surface area contributed by atoms with E-state index in [1.807, 2.05) is 18.2 Å². The molecular weight excluding hydrogens is 284 g/mol. The molecule has 0 heterocycles. The van der Waals surface area contributed by atoms with Gasteiger partial charge < -0.3 is 10.2 Å². The minimum absolute atomic E-state index is 0.0334. The van der Waals surface area contributed by atoms with E-state index >= 15 is 0 Å². The van der Waals surface area contributed by atoms with Crippen LogP contribution < -0.4 is 5.32 Å². The van der Waals surface area contributed by atoms with Crippen LogP contribution in [-0.4, -0.2) is 31.4 Å². The SMILES string of the molecule is CN(C)C(=O)c1ccc(Cl)cc1NCCc1ccccc1. The van der Waals surface area contributed by atoms with Crippen molar-refractivity contribution in [2.24, 2.45) is 0 Å². The van der Waals surface area contributed by atoms with Gasteiger partial charge in [0.15, 0.2) is 0 Å². The van der Waals surface area contributed by atoms with Crippen LogP contribution in [0, 0.1) is 0 Å². The summed E-state index contributed by atoms with van der Waals surface area (Å²) < 4.78 is 0. The zero-order valence-electron chi connectivity index (χ0n) is 12.3. The summed E-state index contributed by atoms with van der Waals surface area (Å²) in [6.45, 7) is 0.748. The minimum Gasteiger partial charge on any atom is -0.384 e. The van der Waals surface area contributed by atoms with Crippen molar-refractivity contribution in [3.05, 3.63) is 64.7 Å². The van der Waals surface area contributed by atoms with E-state index in [9.17, 15) is 4.79 Å². The largest absolute Gasteiger partial charge is 0.384 e. The van der Waals surface area contributed by atoms with E-state index < -0.39 is 0 Å². The first-order valence-electron chi connectivity index (χ1n) is 6.87. The maximum Gasteiger partial charge on any atom is 0.255 e. The molecule has 0 aliphatic heterocycles. The Labute approximate surface area is 130 Å². The molecule has 1 N–H and O–H groups in total. The van der Waals surface area contributed by atoms with Crippen LogP contribution in [0.15, 0.2) is 48.5 Å². The van der Waals surface area contributed by atoms with Crippen LogP contribution in [0.1, 0.15) is 15.9 Å². The second-order valence-corrected chi connectivity index (χ2v) is 5.49. The number of hydrogen-bond donors (Lipinski definition) is 1. The van der Waals surface area contributed by atoms with E-state index in [0.29, 0.717) is 10.6 Å². The average molecular weight is 303 g/mol. The van der Waals surface area contributed by atoms with Gasteiger partial charge in [-0.05, 0) is 30.2 Å². The van der Waals surface area contributed by atoms with Crippen LogP contribution in [0.5, 0.6) is 0 Å². The number of hydrogen-bond acceptors (Lipinski definition) is 2. The van der Waals surface area contributed by atoms with Crippen LogP contribution in [0.2, 0.25) is 5.02 Å². The van der Waals surface area contributed by atoms with Gasteiger partial charge in [-0.2, -0.15) is 0 Å². The molecule has 0 saturated carbocycles. The summed E-state index contributed by atoms with van der Waals surface area (Å²) in [4.78, 5) is 13.7. The fourth-order valence-electron chi connectivity index (χ4n) is 2.08. The predicted molar refractivity (Wildman–Crippen MR) is 88.1 cm³/mol. The first kappa shape index (κ1) is 15.4. The Hall–Kier alpha value is -2.00. The summed E-state index contributed by atoms with van der Waals surface area (Å²) in [6.07, 6.45) is 0.892. The van der Waals surface area contributed by atoms with Crippen molar-refractivity contribution in [1.82, 2.24) is 4.90 Å². The molecule has 2 aromatic carbocycles. The molecule has 0 aliphatic rings. The average Bonchev–Trinajstić information content (AvgIpc) is 2.48. The molecule has 0 aromatic heterocycles. The summed E-state index contributed by atoms with van der Waals surface area (Å²) in [7, 11) is 3.48. The topological polar surface area (TPSA) is 32.3 Å². The first-order chi connectivity index (χ1) is 10.1. The van der Waals surface area contributed by atoms with Crippen molar-refractivity contribution >= 4 is 23.2 Å². The van der Waals surface area contributed by atoms with Crippen LogP contribution in [0.3, 0.4) is 0 Å². The Balaban J connectivity index is 2.08. The highest BCUT2D eigenvalue weighted by Gasteiger charge is 2.13. The summed E-state index contributed by atoms with van der Waals surface area (Å²) in [5, 5.41) is 3.92. The Morgan fingerprint density at radius 3 is 2.52 bits per heavy atom. The van der Waals surface area contributed by atoms with Crippen LogP contribution >= 0.6 is 11.6 Å². The molecule has 0 spiro atoms. The second-order valence-electron chi connectivity index (χ2n) is 5.05. The van der Waals surface area contributed by atoms with E-state index in [0.717, 1.165) is 18.7 Å². The molecule has 2 rings (SSSR count). The zero-order chi connectivity index (χ0) is 15.2. The number of nitrogens with zero attached hydrogens (tertiary/aromatic N) is 1. The van der Waals surface area contributed by atoms with Gasteiger partial charge in [-0.15, -0.1) is 0 Å². The van der Waals surface area contributed by atoms with Gasteiger partial charge in [-0.3, -0.25) is 4.79 Å². The van der Waals surface area contributed by atoms with E-state index in [2.05, 4.69) is 17.4 Å². The summed E-state index contributed by atoms with van der Waals surface area (Å²) in [5.41, 5.74) is 2.67. The van der Waals surface area contributed by atoms with Gasteiger partial charge in [0.25, 0.3) is 5.91 Å². The molecule has 110 valence electrons. The maximum absolute atomic E-state index is 12.2. The third-order valence-electron chi connectivity index (χ3n) is 3.19. The highest BCUT2D eigenvalue weighted by molar-refractivity contribution is 6.31. The molecule has 21 heavy (non-hydrogen) atoms. The van der Waals surface area contributed by atoms with Crippen molar-refractivity contribution in [1.29, 1.82) is 0 Å². The molecule has 3 nitrogen and oxygen atoms in total. The Morgan fingerprint density at radius 2 is 1.86 bits per heavy atom. The molecule has 0 saturated heterocycles. The third kappa shape index (κ3) is 4.23. The van der Waals surface area contributed by atoms with Gasteiger partial charge in [-0.25, -0.2) is 0 Å². The van der Waals surface area contributed by atoms with Gasteiger partial charge >= 0.3 is 0 Å². The van der Waals surface area contributed by atoms with Gasteiger partial charge in [-0.1, -0.05) is 41.9 Å². The minimum atomic E-state index is -0.0334. The monoisotopic (exact) mass is 302 g/mol. The van der Waals surface area contributed by atoms with Gasteiger partial charge in [0, 0.05) is 31.4 Å². The molecule has 0 fully saturated rings. The molecule has 4 heteroatoms. The van der Waals surface area contributed by atoms with Crippen molar-refractivity contribution < 1.29 is 4.79 Å². The van der Waals surface area contributed by atoms with Crippen LogP contribution in [-0.2, 0) is 6.42 Å². The normalized spacial score (nSPS) is 10.2. The molecule has 0 bridgehead atoms. The first-order valence-corrected chi connectivity index (χ1v) is 7.24. The van der Waals surface area contributed by atoms with Crippen molar-refractivity contribution in [2.45, 2.75) is 6.42 Å². The number of amides is 1. The quantitative estimate of drug-likeness (QED) is 0.913.